The molecule has 76 heavy (non-hydrogen) atoms. The highest BCUT2D eigenvalue weighted by atomic mass is 79.9. The molecule has 0 aliphatic heterocycles. The highest BCUT2D eigenvalue weighted by molar-refractivity contribution is 9.09. The fraction of sp³-hybridized carbons (Fsp3) is 0.250. The predicted molar refractivity (Wildman–Crippen MR) is 293 cm³/mol. The molecule has 4 N–H and O–H groups in total. The van der Waals surface area contributed by atoms with E-state index in [0.717, 1.165) is 33.3 Å². The molecule has 0 atom stereocenters. The molecular formula is C56H58BrClO18. The first-order valence-corrected chi connectivity index (χ1v) is 24.8. The summed E-state index contributed by atoms with van der Waals surface area (Å²) in [7, 11) is 0. The number of hydrogen-bond acceptors (Lipinski definition) is 18. The van der Waals surface area contributed by atoms with Crippen LogP contribution in [0.5, 0.6) is 23.0 Å². The number of rotatable bonds is 17. The number of alkyl halides is 1. The van der Waals surface area contributed by atoms with Crippen LogP contribution in [0.3, 0.4) is 0 Å². The molecule has 4 aromatic heterocycles. The lowest BCUT2D eigenvalue weighted by molar-refractivity contribution is -0.139. The number of aromatic hydroxyl groups is 1. The maximum Gasteiger partial charge on any atom is 0.336 e. The van der Waals surface area contributed by atoms with Gasteiger partial charge in [0.05, 0.1) is 26.4 Å². The molecule has 8 rings (SSSR count). The Kier molecular flexibility index (Phi) is 28.5. The van der Waals surface area contributed by atoms with Gasteiger partial charge in [0.25, 0.3) is 0 Å². The SMILES string of the molecule is C=C(C)C(=O)Cl.C=C(C)C(=O)OCCCOc1ccc2ccc(=O)oc2c1.O=c1ccc2ccc(O)cc2o1.O=c1ccc2ccc(OCCCO)cc2o1.O=c1ccc2ccc(OCCCO)cc2o1.OCCCBr. The number of esters is 1. The second kappa shape index (κ2) is 34.6. The van der Waals surface area contributed by atoms with Crippen LogP contribution in [0.2, 0.25) is 0 Å². The summed E-state index contributed by atoms with van der Waals surface area (Å²) in [6.45, 7) is 12.0. The molecule has 8 aromatic rings. The van der Waals surface area contributed by atoms with Gasteiger partial charge in [-0.2, -0.15) is 0 Å². The minimum atomic E-state index is -0.463. The minimum Gasteiger partial charge on any atom is -0.508 e. The number of hydrogen-bond donors (Lipinski definition) is 4. The molecule has 20 heteroatoms. The van der Waals surface area contributed by atoms with Gasteiger partial charge in [0.15, 0.2) is 0 Å². The van der Waals surface area contributed by atoms with Crippen molar-refractivity contribution in [2.24, 2.45) is 0 Å². The lowest BCUT2D eigenvalue weighted by atomic mass is 10.2. The van der Waals surface area contributed by atoms with Crippen LogP contribution in [-0.4, -0.2) is 83.2 Å². The number of ether oxygens (including phenoxy) is 4. The smallest absolute Gasteiger partial charge is 0.336 e. The van der Waals surface area contributed by atoms with Crippen LogP contribution in [0.15, 0.2) is 182 Å². The Bertz CT molecular complexity index is 3250. The van der Waals surface area contributed by atoms with E-state index in [9.17, 15) is 28.8 Å². The molecule has 0 amide bonds. The zero-order chi connectivity index (χ0) is 55.8. The molecule has 0 radical (unpaired) electrons. The van der Waals surface area contributed by atoms with Crippen molar-refractivity contribution in [3.8, 4) is 23.0 Å². The Labute approximate surface area is 448 Å². The molecule has 0 bridgehead atoms. The Balaban J connectivity index is 0.000000253. The third kappa shape index (κ3) is 24.0. The maximum absolute atomic E-state index is 11.1. The second-order valence-electron chi connectivity index (χ2n) is 15.6. The molecule has 4 heterocycles. The number of aliphatic hydroxyl groups excluding tert-OH is 3. The van der Waals surface area contributed by atoms with E-state index in [0.29, 0.717) is 96.4 Å². The van der Waals surface area contributed by atoms with E-state index < -0.39 is 22.5 Å². The summed E-state index contributed by atoms with van der Waals surface area (Å²) in [4.78, 5) is 64.9. The van der Waals surface area contributed by atoms with Gasteiger partial charge in [-0.25, -0.2) is 24.0 Å². The number of allylic oxidation sites excluding steroid dienone is 1. The average Bonchev–Trinajstić information content (AvgIpc) is 3.39. The Morgan fingerprint density at radius 2 is 0.803 bits per heavy atom. The molecule has 0 spiro atoms. The maximum atomic E-state index is 11.1. The number of benzene rings is 4. The molecular weight excluding hydrogens is 1080 g/mol. The third-order valence-corrected chi connectivity index (χ3v) is 10.2. The highest BCUT2D eigenvalue weighted by Gasteiger charge is 2.05. The van der Waals surface area contributed by atoms with Gasteiger partial charge in [-0.05, 0) is 105 Å². The minimum absolute atomic E-state index is 0.0943. The summed E-state index contributed by atoms with van der Waals surface area (Å²) < 4.78 is 41.2. The van der Waals surface area contributed by atoms with E-state index in [1.807, 2.05) is 18.2 Å². The van der Waals surface area contributed by atoms with Crippen LogP contribution in [0.25, 0.3) is 43.9 Å². The normalized spacial score (nSPS) is 10.1. The van der Waals surface area contributed by atoms with E-state index in [2.05, 4.69) is 29.1 Å². The predicted octanol–water partition coefficient (Wildman–Crippen LogP) is 9.38. The summed E-state index contributed by atoms with van der Waals surface area (Å²) in [5, 5.41) is 38.1. The molecule has 0 aliphatic rings. The number of carbonyl (C=O) groups is 2. The lowest BCUT2D eigenvalue weighted by Crippen LogP contribution is -2.09. The van der Waals surface area contributed by atoms with Crippen molar-refractivity contribution in [1.29, 1.82) is 0 Å². The first-order chi connectivity index (χ1) is 36.5. The Morgan fingerprint density at radius 3 is 1.11 bits per heavy atom. The van der Waals surface area contributed by atoms with Gasteiger partial charge in [0.1, 0.15) is 45.3 Å². The first kappa shape index (κ1) is 62.5. The third-order valence-electron chi connectivity index (χ3n) is 9.30. The lowest BCUT2D eigenvalue weighted by Gasteiger charge is -2.07. The van der Waals surface area contributed by atoms with Crippen LogP contribution in [0.1, 0.15) is 39.5 Å². The zero-order valence-electron chi connectivity index (χ0n) is 41.7. The topological polar surface area (TPSA) is 273 Å². The van der Waals surface area contributed by atoms with E-state index in [-0.39, 0.29) is 36.8 Å². The highest BCUT2D eigenvalue weighted by Crippen LogP contribution is 2.22. The van der Waals surface area contributed by atoms with E-state index in [1.54, 1.807) is 86.6 Å². The summed E-state index contributed by atoms with van der Waals surface area (Å²) in [5.41, 5.74) is 1.11. The van der Waals surface area contributed by atoms with Crippen molar-refractivity contribution in [2.75, 3.05) is 51.6 Å². The number of fused-ring (bicyclic) bond motifs is 4. The van der Waals surface area contributed by atoms with E-state index >= 15 is 0 Å². The second-order valence-corrected chi connectivity index (χ2v) is 16.8. The summed E-state index contributed by atoms with van der Waals surface area (Å²) in [6, 6.07) is 32.8. The molecule has 0 aliphatic carbocycles. The molecule has 4 aromatic carbocycles. The fourth-order valence-electron chi connectivity index (χ4n) is 5.55. The monoisotopic (exact) mass is 1130 g/mol. The Hall–Kier alpha value is -7.81. The summed E-state index contributed by atoms with van der Waals surface area (Å²) in [6.07, 6.45) is 2.59. The van der Waals surface area contributed by atoms with Crippen LogP contribution in [0, 0.1) is 0 Å². The molecule has 404 valence electrons. The molecule has 0 saturated heterocycles. The van der Waals surface area contributed by atoms with Gasteiger partial charge in [-0.15, -0.1) is 0 Å². The van der Waals surface area contributed by atoms with Gasteiger partial charge in [-0.3, -0.25) is 4.79 Å². The molecule has 18 nitrogen and oxygen atoms in total. The first-order valence-electron chi connectivity index (χ1n) is 23.3. The van der Waals surface area contributed by atoms with Gasteiger partial charge >= 0.3 is 28.5 Å². The number of phenolic OH excluding ortho intramolecular Hbond substituents is 1. The van der Waals surface area contributed by atoms with Gasteiger partial charge in [-0.1, -0.05) is 29.1 Å². The van der Waals surface area contributed by atoms with Crippen molar-refractivity contribution in [2.45, 2.75) is 39.5 Å². The molecule has 0 fully saturated rings. The zero-order valence-corrected chi connectivity index (χ0v) is 44.0. The van der Waals surface area contributed by atoms with Crippen LogP contribution < -0.4 is 36.7 Å². The van der Waals surface area contributed by atoms with Gasteiger partial charge in [0.2, 0.25) is 5.24 Å². The molecule has 0 saturated carbocycles. The quantitative estimate of drug-likeness (QED) is 0.0165. The standard InChI is InChI=1S/C16H16O5.2C12H12O4.C9H6O3.C4H5ClO.C3H7BrO/c1-11(2)16(18)20-9-3-8-19-13-6-4-12-5-7-15(17)21-14(12)10-13;2*13-6-1-7-15-10-4-2-9-3-5-12(14)16-11(9)8-10;10-7-3-1-6-2-4-9(11)12-8(6)5-7;1-3(2)4(5)6;4-2-1-3-5/h4-7,10H,1,3,8-9H2,2H3;2*2-5,8,13H,1,6-7H2;1-5,10H;1H2,2H3;5H,1-3H2. The van der Waals surface area contributed by atoms with Crippen LogP contribution in [0.4, 0.5) is 0 Å². The largest absolute Gasteiger partial charge is 0.508 e. The molecule has 0 unspecified atom stereocenters. The van der Waals surface area contributed by atoms with Crippen molar-refractivity contribution in [3.63, 3.8) is 0 Å². The van der Waals surface area contributed by atoms with Crippen molar-refractivity contribution in [1.82, 2.24) is 0 Å². The van der Waals surface area contributed by atoms with E-state index in [4.69, 9.17) is 68.6 Å². The Morgan fingerprint density at radius 1 is 0.487 bits per heavy atom. The van der Waals surface area contributed by atoms with Crippen molar-refractivity contribution >= 4 is 82.6 Å². The van der Waals surface area contributed by atoms with Crippen molar-refractivity contribution in [3.05, 3.63) is 187 Å². The number of halogens is 2. The van der Waals surface area contributed by atoms with E-state index in [1.165, 1.54) is 30.3 Å². The number of aliphatic hydroxyl groups is 3. The van der Waals surface area contributed by atoms with Crippen LogP contribution in [-0.2, 0) is 14.3 Å². The summed E-state index contributed by atoms with van der Waals surface area (Å²) in [5.74, 6) is 1.56. The van der Waals surface area contributed by atoms with Crippen LogP contribution >= 0.6 is 27.5 Å². The van der Waals surface area contributed by atoms with Crippen molar-refractivity contribution < 1.29 is 66.6 Å². The van der Waals surface area contributed by atoms with Gasteiger partial charge in [0, 0.05) is 126 Å². The van der Waals surface area contributed by atoms with Gasteiger partial charge < -0.3 is 57.0 Å². The average molecular weight is 1130 g/mol. The number of phenols is 1. The number of carbonyl (C=O) groups excluding carboxylic acids is 2. The fourth-order valence-corrected chi connectivity index (χ4v) is 5.80. The summed E-state index contributed by atoms with van der Waals surface area (Å²) >= 11 is 8.02.